The van der Waals surface area contributed by atoms with Gasteiger partial charge >= 0.3 is 0 Å². The molecular weight excluding hydrogens is 350 g/mol. The number of hydrogen-bond donors (Lipinski definition) is 2. The summed E-state index contributed by atoms with van der Waals surface area (Å²) in [6, 6.07) is 4.87. The normalized spacial score (nSPS) is 19.4. The van der Waals surface area contributed by atoms with Crippen molar-refractivity contribution in [3.05, 3.63) is 18.2 Å². The standard InChI is InChI=1S/C15H21N3O4S2/c19-15-3-10-23-14-2-1-12(11-13(14)17-15)24(20,21)16-4-5-18-6-8-22-9-7-18/h1-2,11,16H,3-10H2,(H,17,19). The molecule has 0 unspecified atom stereocenters. The molecule has 0 spiro atoms. The highest BCUT2D eigenvalue weighted by Crippen LogP contribution is 2.32. The Morgan fingerprint density at radius 1 is 1.29 bits per heavy atom. The second kappa shape index (κ2) is 7.83. The van der Waals surface area contributed by atoms with E-state index in [-0.39, 0.29) is 10.8 Å². The van der Waals surface area contributed by atoms with Crippen molar-refractivity contribution < 1.29 is 17.9 Å². The van der Waals surface area contributed by atoms with Gasteiger partial charge in [-0.1, -0.05) is 0 Å². The van der Waals surface area contributed by atoms with Crippen LogP contribution in [0.1, 0.15) is 6.42 Å². The van der Waals surface area contributed by atoms with Gasteiger partial charge in [0.15, 0.2) is 0 Å². The average molecular weight is 371 g/mol. The molecule has 1 fully saturated rings. The number of nitrogens with zero attached hydrogens (tertiary/aromatic N) is 1. The Morgan fingerprint density at radius 3 is 2.88 bits per heavy atom. The number of benzene rings is 1. The molecule has 0 atom stereocenters. The van der Waals surface area contributed by atoms with Gasteiger partial charge in [0.2, 0.25) is 15.9 Å². The van der Waals surface area contributed by atoms with Crippen LogP contribution in [-0.2, 0) is 19.6 Å². The lowest BCUT2D eigenvalue weighted by Gasteiger charge is -2.26. The zero-order chi connectivity index (χ0) is 17.0. The quantitative estimate of drug-likeness (QED) is 0.793. The Labute approximate surface area is 146 Å². The van der Waals surface area contributed by atoms with E-state index in [9.17, 15) is 13.2 Å². The SMILES string of the molecule is O=C1CCSc2ccc(S(=O)(=O)NCCN3CCOCC3)cc2N1. The first-order valence-electron chi connectivity index (χ1n) is 7.91. The van der Waals surface area contributed by atoms with Gasteiger partial charge in [-0.25, -0.2) is 13.1 Å². The van der Waals surface area contributed by atoms with Gasteiger partial charge in [-0.15, -0.1) is 11.8 Å². The molecule has 7 nitrogen and oxygen atoms in total. The molecule has 1 amide bonds. The molecular formula is C15H21N3O4S2. The van der Waals surface area contributed by atoms with Crippen LogP contribution in [0, 0.1) is 0 Å². The number of hydrogen-bond acceptors (Lipinski definition) is 6. The van der Waals surface area contributed by atoms with E-state index >= 15 is 0 Å². The lowest BCUT2D eigenvalue weighted by Crippen LogP contribution is -2.41. The summed E-state index contributed by atoms with van der Waals surface area (Å²) in [4.78, 5) is 14.9. The van der Waals surface area contributed by atoms with Gasteiger partial charge < -0.3 is 10.1 Å². The van der Waals surface area contributed by atoms with Crippen molar-refractivity contribution in [2.75, 3.05) is 50.5 Å². The molecule has 1 aromatic carbocycles. The number of ether oxygens (including phenoxy) is 1. The first-order valence-corrected chi connectivity index (χ1v) is 10.4. The van der Waals surface area contributed by atoms with Crippen molar-refractivity contribution in [1.82, 2.24) is 9.62 Å². The Hall–Kier alpha value is -1.13. The number of morpholine rings is 1. The monoisotopic (exact) mass is 371 g/mol. The summed E-state index contributed by atoms with van der Waals surface area (Å²) in [5.74, 6) is 0.610. The van der Waals surface area contributed by atoms with Crippen LogP contribution in [0.5, 0.6) is 0 Å². The summed E-state index contributed by atoms with van der Waals surface area (Å²) < 4.78 is 32.8. The summed E-state index contributed by atoms with van der Waals surface area (Å²) in [6.45, 7) is 4.03. The Bertz CT molecular complexity index is 703. The molecule has 0 aliphatic carbocycles. The highest BCUT2D eigenvalue weighted by Gasteiger charge is 2.19. The molecule has 0 aromatic heterocycles. The molecule has 2 heterocycles. The van der Waals surface area contributed by atoms with Gasteiger partial charge in [0, 0.05) is 43.2 Å². The van der Waals surface area contributed by atoms with Crippen molar-refractivity contribution in [2.24, 2.45) is 0 Å². The maximum absolute atomic E-state index is 12.5. The largest absolute Gasteiger partial charge is 0.379 e. The first kappa shape index (κ1) is 17.7. The van der Waals surface area contributed by atoms with E-state index < -0.39 is 10.0 Å². The maximum atomic E-state index is 12.5. The highest BCUT2D eigenvalue weighted by atomic mass is 32.2. The lowest BCUT2D eigenvalue weighted by molar-refractivity contribution is -0.115. The smallest absolute Gasteiger partial charge is 0.240 e. The molecule has 0 bridgehead atoms. The van der Waals surface area contributed by atoms with Gasteiger partial charge in [0.05, 0.1) is 23.8 Å². The second-order valence-corrected chi connectivity index (χ2v) is 8.56. The highest BCUT2D eigenvalue weighted by molar-refractivity contribution is 7.99. The van der Waals surface area contributed by atoms with E-state index in [0.717, 1.165) is 18.0 Å². The Kier molecular flexibility index (Phi) is 5.77. The predicted octanol–water partition coefficient (Wildman–Crippen LogP) is 0.731. The van der Waals surface area contributed by atoms with Crippen molar-refractivity contribution in [3.63, 3.8) is 0 Å². The lowest BCUT2D eigenvalue weighted by atomic mass is 10.3. The summed E-state index contributed by atoms with van der Waals surface area (Å²) in [5, 5.41) is 2.77. The molecule has 3 rings (SSSR count). The van der Waals surface area contributed by atoms with Crippen molar-refractivity contribution in [3.8, 4) is 0 Å². The number of fused-ring (bicyclic) bond motifs is 1. The third-order valence-electron chi connectivity index (χ3n) is 3.95. The topological polar surface area (TPSA) is 87.7 Å². The van der Waals surface area contributed by atoms with Crippen LogP contribution < -0.4 is 10.0 Å². The molecule has 1 saturated heterocycles. The molecule has 2 aliphatic rings. The molecule has 2 aliphatic heterocycles. The molecule has 0 saturated carbocycles. The van der Waals surface area contributed by atoms with Gasteiger partial charge in [-0.05, 0) is 18.2 Å². The molecule has 1 aromatic rings. The molecule has 24 heavy (non-hydrogen) atoms. The van der Waals surface area contributed by atoms with Gasteiger partial charge in [-0.3, -0.25) is 9.69 Å². The van der Waals surface area contributed by atoms with E-state index in [2.05, 4.69) is 14.9 Å². The summed E-state index contributed by atoms with van der Waals surface area (Å²) in [7, 11) is -3.59. The van der Waals surface area contributed by atoms with Crippen LogP contribution in [0.25, 0.3) is 0 Å². The van der Waals surface area contributed by atoms with Crippen LogP contribution in [0.3, 0.4) is 0 Å². The summed E-state index contributed by atoms with van der Waals surface area (Å²) in [6.07, 6.45) is 0.430. The number of amides is 1. The van der Waals surface area contributed by atoms with Crippen molar-refractivity contribution in [2.45, 2.75) is 16.2 Å². The minimum Gasteiger partial charge on any atom is -0.379 e. The number of sulfonamides is 1. The Balaban J connectivity index is 1.64. The zero-order valence-electron chi connectivity index (χ0n) is 13.3. The molecule has 2 N–H and O–H groups in total. The van der Waals surface area contributed by atoms with E-state index in [1.165, 1.54) is 6.07 Å². The zero-order valence-corrected chi connectivity index (χ0v) is 14.9. The number of nitrogens with one attached hydrogen (secondary N) is 2. The third kappa shape index (κ3) is 4.48. The fourth-order valence-corrected chi connectivity index (χ4v) is 4.60. The fourth-order valence-electron chi connectivity index (χ4n) is 2.61. The average Bonchev–Trinajstić information content (AvgIpc) is 2.75. The summed E-state index contributed by atoms with van der Waals surface area (Å²) >= 11 is 1.55. The maximum Gasteiger partial charge on any atom is 0.240 e. The van der Waals surface area contributed by atoms with Crippen molar-refractivity contribution in [1.29, 1.82) is 0 Å². The van der Waals surface area contributed by atoms with E-state index in [1.54, 1.807) is 23.9 Å². The van der Waals surface area contributed by atoms with Gasteiger partial charge in [0.1, 0.15) is 0 Å². The molecule has 132 valence electrons. The fraction of sp³-hybridized carbons (Fsp3) is 0.533. The number of carbonyl (C=O) groups excluding carboxylic acids is 1. The van der Waals surface area contributed by atoms with Crippen LogP contribution in [-0.4, -0.2) is 64.4 Å². The minimum atomic E-state index is -3.59. The molecule has 9 heteroatoms. The number of thioether (sulfide) groups is 1. The van der Waals surface area contributed by atoms with Gasteiger partial charge in [-0.2, -0.15) is 0 Å². The van der Waals surface area contributed by atoms with Crippen LogP contribution >= 0.6 is 11.8 Å². The Morgan fingerprint density at radius 2 is 2.08 bits per heavy atom. The van der Waals surface area contributed by atoms with Crippen molar-refractivity contribution >= 4 is 33.4 Å². The van der Waals surface area contributed by atoms with E-state index in [4.69, 9.17) is 4.74 Å². The number of rotatable bonds is 5. The first-order chi connectivity index (χ1) is 11.5. The molecule has 0 radical (unpaired) electrons. The second-order valence-electron chi connectivity index (χ2n) is 5.66. The van der Waals surface area contributed by atoms with E-state index in [1.807, 2.05) is 0 Å². The number of anilines is 1. The van der Waals surface area contributed by atoms with Crippen LogP contribution in [0.2, 0.25) is 0 Å². The van der Waals surface area contributed by atoms with Crippen LogP contribution in [0.4, 0.5) is 5.69 Å². The third-order valence-corrected chi connectivity index (χ3v) is 6.48. The van der Waals surface area contributed by atoms with Gasteiger partial charge in [0.25, 0.3) is 0 Å². The minimum absolute atomic E-state index is 0.0870. The summed E-state index contributed by atoms with van der Waals surface area (Å²) in [5.41, 5.74) is 0.568. The van der Waals surface area contributed by atoms with E-state index in [0.29, 0.717) is 44.2 Å². The van der Waals surface area contributed by atoms with Crippen LogP contribution in [0.15, 0.2) is 28.0 Å². The predicted molar refractivity (Wildman–Crippen MR) is 92.9 cm³/mol. The number of carbonyl (C=O) groups is 1.